The number of halogens is 3. The van der Waals surface area contributed by atoms with Gasteiger partial charge in [0.15, 0.2) is 0 Å². The Morgan fingerprint density at radius 1 is 1.03 bits per heavy atom. The highest BCUT2D eigenvalue weighted by Gasteiger charge is 2.38. The van der Waals surface area contributed by atoms with Gasteiger partial charge in [0.1, 0.15) is 17.7 Å². The van der Waals surface area contributed by atoms with Gasteiger partial charge in [0.2, 0.25) is 5.95 Å². The van der Waals surface area contributed by atoms with E-state index >= 15 is 0 Å². The number of nitrogens with one attached hydrogen (secondary N) is 4. The Hall–Kier alpha value is -2.80. The third kappa shape index (κ3) is 8.85. The lowest BCUT2D eigenvalue weighted by Crippen LogP contribution is -2.39. The van der Waals surface area contributed by atoms with Crippen LogP contribution in [-0.4, -0.2) is 72.6 Å². The first kappa shape index (κ1) is 29.2. The smallest absolute Gasteiger partial charge is 0.364 e. The molecule has 0 bridgehead atoms. The molecule has 2 heterocycles. The van der Waals surface area contributed by atoms with Crippen molar-refractivity contribution < 1.29 is 22.8 Å². The molecule has 9 nitrogen and oxygen atoms in total. The highest BCUT2D eigenvalue weighted by molar-refractivity contribution is 5.76. The highest BCUT2D eigenvalue weighted by atomic mass is 19.4. The van der Waals surface area contributed by atoms with E-state index in [-0.39, 0.29) is 23.9 Å². The first-order valence-electron chi connectivity index (χ1n) is 13.5. The van der Waals surface area contributed by atoms with Crippen LogP contribution in [0.15, 0.2) is 30.5 Å². The molecule has 2 saturated carbocycles. The standard InChI is InChI=1S/C20H22F3N5O2.C7H16N2/c21-20(22,23)15-10-24-19(25-13-6-4-12(11-29)5-7-13)27-18(15)26-16-2-1-3-17(16)30-28-14-8-9-14;1-8-7-3-5-9(2)6-4-7/h4-7,10-11,14,16-17,28H,1-3,8-9H2,(H2,24,25,26,27);7-8H,3-6H2,1-2H3. The third-order valence-electron chi connectivity index (χ3n) is 7.26. The van der Waals surface area contributed by atoms with Crippen LogP contribution in [0.5, 0.6) is 0 Å². The van der Waals surface area contributed by atoms with Crippen LogP contribution < -0.4 is 21.4 Å². The minimum absolute atomic E-state index is 0.0240. The number of benzene rings is 1. The lowest BCUT2D eigenvalue weighted by molar-refractivity contribution is -0.137. The maximum Gasteiger partial charge on any atom is 0.421 e. The number of nitrogens with zero attached hydrogens (tertiary/aromatic N) is 3. The zero-order chi connectivity index (χ0) is 27.8. The van der Waals surface area contributed by atoms with E-state index < -0.39 is 11.7 Å². The van der Waals surface area contributed by atoms with Gasteiger partial charge in [-0.25, -0.2) is 4.98 Å². The lowest BCUT2D eigenvalue weighted by atomic mass is 10.1. The number of hydrogen-bond acceptors (Lipinski definition) is 9. The summed E-state index contributed by atoms with van der Waals surface area (Å²) in [6, 6.07) is 7.27. The number of piperidine rings is 1. The van der Waals surface area contributed by atoms with Crippen LogP contribution in [0.25, 0.3) is 0 Å². The van der Waals surface area contributed by atoms with E-state index in [9.17, 15) is 18.0 Å². The van der Waals surface area contributed by atoms with E-state index in [0.29, 0.717) is 30.0 Å². The number of anilines is 3. The molecule has 2 unspecified atom stereocenters. The number of likely N-dealkylation sites (tertiary alicyclic amines) is 1. The zero-order valence-electron chi connectivity index (χ0n) is 22.4. The van der Waals surface area contributed by atoms with Gasteiger partial charge >= 0.3 is 6.18 Å². The quantitative estimate of drug-likeness (QED) is 0.268. The van der Waals surface area contributed by atoms with Crippen LogP contribution in [0.2, 0.25) is 0 Å². The van der Waals surface area contributed by atoms with Crippen molar-refractivity contribution in [1.82, 2.24) is 25.7 Å². The van der Waals surface area contributed by atoms with Gasteiger partial charge in [-0.05, 0) is 96.4 Å². The number of hydroxylamine groups is 1. The number of aldehydes is 1. The van der Waals surface area contributed by atoms with Crippen molar-refractivity contribution >= 4 is 23.7 Å². The van der Waals surface area contributed by atoms with E-state index in [1.54, 1.807) is 24.3 Å². The van der Waals surface area contributed by atoms with Crippen molar-refractivity contribution in [2.75, 3.05) is 37.8 Å². The molecule has 3 aliphatic rings. The third-order valence-corrected chi connectivity index (χ3v) is 7.26. The number of rotatable bonds is 9. The number of carbonyl (C=O) groups is 1. The Kier molecular flexibility index (Phi) is 10.1. The molecule has 1 saturated heterocycles. The molecule has 214 valence electrons. The molecule has 0 radical (unpaired) electrons. The van der Waals surface area contributed by atoms with Crippen molar-refractivity contribution in [1.29, 1.82) is 0 Å². The maximum absolute atomic E-state index is 13.5. The molecule has 1 aromatic carbocycles. The van der Waals surface area contributed by atoms with Gasteiger partial charge in [-0.3, -0.25) is 9.63 Å². The van der Waals surface area contributed by atoms with Crippen LogP contribution in [-0.2, 0) is 11.0 Å². The maximum atomic E-state index is 13.5. The molecular formula is C27H38F3N7O2. The number of carbonyl (C=O) groups excluding carboxylic acids is 1. The molecule has 1 aromatic heterocycles. The van der Waals surface area contributed by atoms with Crippen molar-refractivity contribution in [2.45, 2.75) is 75.4 Å². The molecule has 5 rings (SSSR count). The predicted octanol–water partition coefficient (Wildman–Crippen LogP) is 4.37. The molecule has 2 aromatic rings. The second-order valence-electron chi connectivity index (χ2n) is 10.4. The Morgan fingerprint density at radius 2 is 1.74 bits per heavy atom. The summed E-state index contributed by atoms with van der Waals surface area (Å²) in [5, 5.41) is 9.10. The summed E-state index contributed by atoms with van der Waals surface area (Å²) in [6.07, 6.45) is 3.70. The summed E-state index contributed by atoms with van der Waals surface area (Å²) in [4.78, 5) is 26.7. The van der Waals surface area contributed by atoms with E-state index in [4.69, 9.17) is 4.84 Å². The average Bonchev–Trinajstić information content (AvgIpc) is 3.66. The van der Waals surface area contributed by atoms with Crippen LogP contribution in [0.4, 0.5) is 30.6 Å². The first-order valence-corrected chi connectivity index (χ1v) is 13.5. The largest absolute Gasteiger partial charge is 0.421 e. The molecular weight excluding hydrogens is 511 g/mol. The van der Waals surface area contributed by atoms with Crippen LogP contribution in [0.1, 0.15) is 60.9 Å². The first-order chi connectivity index (χ1) is 18.7. The summed E-state index contributed by atoms with van der Waals surface area (Å²) in [7, 11) is 4.24. The van der Waals surface area contributed by atoms with E-state index in [1.807, 2.05) is 0 Å². The van der Waals surface area contributed by atoms with Gasteiger partial charge in [-0.1, -0.05) is 0 Å². The van der Waals surface area contributed by atoms with Gasteiger partial charge in [0.05, 0.1) is 12.1 Å². The van der Waals surface area contributed by atoms with Gasteiger partial charge in [-0.15, -0.1) is 0 Å². The summed E-state index contributed by atoms with van der Waals surface area (Å²) >= 11 is 0. The van der Waals surface area contributed by atoms with Gasteiger partial charge in [0, 0.05) is 29.5 Å². The Balaban J connectivity index is 0.000000333. The number of alkyl halides is 3. The number of hydrogen-bond donors (Lipinski definition) is 4. The van der Waals surface area contributed by atoms with Crippen LogP contribution in [0.3, 0.4) is 0 Å². The Bertz CT molecular complexity index is 1060. The predicted molar refractivity (Wildman–Crippen MR) is 144 cm³/mol. The van der Waals surface area contributed by atoms with E-state index in [2.05, 4.69) is 50.4 Å². The topological polar surface area (TPSA) is 103 Å². The van der Waals surface area contributed by atoms with Crippen molar-refractivity contribution in [3.8, 4) is 0 Å². The van der Waals surface area contributed by atoms with E-state index in [1.165, 1.54) is 25.9 Å². The Morgan fingerprint density at radius 3 is 2.36 bits per heavy atom. The normalized spacial score (nSPS) is 22.2. The summed E-state index contributed by atoms with van der Waals surface area (Å²) in [6.45, 7) is 2.51. The fraction of sp³-hybridized carbons (Fsp3) is 0.593. The Labute approximate surface area is 227 Å². The summed E-state index contributed by atoms with van der Waals surface area (Å²) < 4.78 is 40.5. The monoisotopic (exact) mass is 549 g/mol. The van der Waals surface area contributed by atoms with Gasteiger partial charge in [-0.2, -0.15) is 23.6 Å². The zero-order valence-corrected chi connectivity index (χ0v) is 22.4. The molecule has 1 aliphatic heterocycles. The fourth-order valence-corrected chi connectivity index (χ4v) is 4.62. The highest BCUT2D eigenvalue weighted by Crippen LogP contribution is 2.36. The molecule has 12 heteroatoms. The van der Waals surface area contributed by atoms with Crippen molar-refractivity contribution in [3.05, 3.63) is 41.6 Å². The fourth-order valence-electron chi connectivity index (χ4n) is 4.62. The molecule has 0 spiro atoms. The second-order valence-corrected chi connectivity index (χ2v) is 10.4. The lowest BCUT2D eigenvalue weighted by Gasteiger charge is -2.28. The molecule has 39 heavy (non-hydrogen) atoms. The minimum atomic E-state index is -4.59. The van der Waals surface area contributed by atoms with Crippen LogP contribution >= 0.6 is 0 Å². The van der Waals surface area contributed by atoms with Crippen LogP contribution in [0, 0.1) is 0 Å². The summed E-state index contributed by atoms with van der Waals surface area (Å²) in [5.41, 5.74) is 3.10. The van der Waals surface area contributed by atoms with Crippen molar-refractivity contribution in [3.63, 3.8) is 0 Å². The SMILES string of the molecule is CNC1CCN(C)CC1.O=Cc1ccc(Nc2ncc(C(F)(F)F)c(NC3CCCC3ONC3CC3)n2)cc1. The van der Waals surface area contributed by atoms with E-state index in [0.717, 1.165) is 37.9 Å². The van der Waals surface area contributed by atoms with Gasteiger partial charge < -0.3 is 20.9 Å². The molecule has 4 N–H and O–H groups in total. The average molecular weight is 550 g/mol. The van der Waals surface area contributed by atoms with Crippen molar-refractivity contribution in [2.24, 2.45) is 0 Å². The molecule has 0 amide bonds. The van der Waals surface area contributed by atoms with Gasteiger partial charge in [0.25, 0.3) is 0 Å². The number of aromatic nitrogens is 2. The minimum Gasteiger partial charge on any atom is -0.364 e. The summed E-state index contributed by atoms with van der Waals surface area (Å²) in [5.74, 6) is -0.257. The molecule has 3 fully saturated rings. The second kappa shape index (κ2) is 13.5. The molecule has 2 aliphatic carbocycles. The molecule has 2 atom stereocenters.